The molecule has 1 aromatic rings. The van der Waals surface area contributed by atoms with Crippen LogP contribution in [0.2, 0.25) is 0 Å². The van der Waals surface area contributed by atoms with E-state index in [-0.39, 0.29) is 12.1 Å². The minimum absolute atomic E-state index is 0.0792. The normalized spacial score (nSPS) is 21.6. The first kappa shape index (κ1) is 19.9. The molecule has 2 N–H and O–H groups in total. The lowest BCUT2D eigenvalue weighted by Crippen LogP contribution is -2.46. The monoisotopic (exact) mass is 369 g/mol. The second-order valence-corrected chi connectivity index (χ2v) is 8.02. The largest absolute Gasteiger partial charge is 0.335 e. The number of allylic oxidation sites excluding steroid dienone is 1. The lowest BCUT2D eigenvalue weighted by molar-refractivity contribution is 0.205. The highest BCUT2D eigenvalue weighted by molar-refractivity contribution is 5.89. The maximum absolute atomic E-state index is 12.3. The van der Waals surface area contributed by atoms with Crippen molar-refractivity contribution >= 4 is 11.7 Å². The molecule has 4 heteroatoms. The summed E-state index contributed by atoms with van der Waals surface area (Å²) in [5, 5.41) is 6.14. The first-order valence-electron chi connectivity index (χ1n) is 10.8. The Morgan fingerprint density at radius 1 is 1.15 bits per heavy atom. The van der Waals surface area contributed by atoms with Crippen LogP contribution in [0.15, 0.2) is 35.9 Å². The number of carbonyl (C=O) groups is 1. The summed E-state index contributed by atoms with van der Waals surface area (Å²) in [5.74, 6) is 0. The third kappa shape index (κ3) is 6.69. The van der Waals surface area contributed by atoms with Crippen molar-refractivity contribution in [1.29, 1.82) is 0 Å². The molecule has 0 unspecified atom stereocenters. The van der Waals surface area contributed by atoms with Gasteiger partial charge in [-0.3, -0.25) is 4.90 Å². The molecule has 2 aliphatic rings. The number of anilines is 1. The summed E-state index contributed by atoms with van der Waals surface area (Å²) in [6.45, 7) is 5.41. The smallest absolute Gasteiger partial charge is 0.319 e. The Kier molecular flexibility index (Phi) is 7.76. The van der Waals surface area contributed by atoms with E-state index in [4.69, 9.17) is 0 Å². The molecule has 1 aliphatic carbocycles. The van der Waals surface area contributed by atoms with Gasteiger partial charge in [-0.1, -0.05) is 43.5 Å². The second kappa shape index (κ2) is 10.5. The summed E-state index contributed by atoms with van der Waals surface area (Å²) < 4.78 is 0. The van der Waals surface area contributed by atoms with Gasteiger partial charge in [-0.15, -0.1) is 0 Å². The zero-order valence-electron chi connectivity index (χ0n) is 16.8. The van der Waals surface area contributed by atoms with Crippen molar-refractivity contribution in [3.8, 4) is 0 Å². The van der Waals surface area contributed by atoms with Gasteiger partial charge in [0, 0.05) is 31.4 Å². The molecule has 0 atom stereocenters. The third-order valence-corrected chi connectivity index (χ3v) is 5.83. The predicted octanol–water partition coefficient (Wildman–Crippen LogP) is 5.12. The fourth-order valence-electron chi connectivity index (χ4n) is 4.15. The first-order chi connectivity index (χ1) is 13.2. The number of nitrogens with one attached hydrogen (secondary N) is 2. The van der Waals surface area contributed by atoms with Gasteiger partial charge in [0.05, 0.1) is 0 Å². The summed E-state index contributed by atoms with van der Waals surface area (Å²) in [5.41, 5.74) is 3.75. The van der Waals surface area contributed by atoms with Crippen LogP contribution in [0.4, 0.5) is 10.5 Å². The van der Waals surface area contributed by atoms with Crippen LogP contribution in [0.25, 0.3) is 0 Å². The van der Waals surface area contributed by atoms with Crippen LogP contribution < -0.4 is 10.6 Å². The molecule has 0 aromatic heterocycles. The van der Waals surface area contributed by atoms with Crippen molar-refractivity contribution in [3.05, 3.63) is 41.5 Å². The Hall–Kier alpha value is -1.81. The molecule has 0 radical (unpaired) electrons. The van der Waals surface area contributed by atoms with Crippen LogP contribution in [-0.2, 0) is 6.42 Å². The van der Waals surface area contributed by atoms with Gasteiger partial charge in [-0.25, -0.2) is 4.79 Å². The second-order valence-electron chi connectivity index (χ2n) is 8.02. The van der Waals surface area contributed by atoms with Gasteiger partial charge in [-0.05, 0) is 62.6 Å². The Morgan fingerprint density at radius 2 is 1.96 bits per heavy atom. The third-order valence-electron chi connectivity index (χ3n) is 5.83. The van der Waals surface area contributed by atoms with E-state index in [9.17, 15) is 4.79 Å². The van der Waals surface area contributed by atoms with E-state index in [0.717, 1.165) is 44.6 Å². The zero-order valence-corrected chi connectivity index (χ0v) is 16.8. The number of aryl methyl sites for hydroxylation is 1. The molecular formula is C23H35N3O. The molecule has 148 valence electrons. The van der Waals surface area contributed by atoms with Crippen molar-refractivity contribution < 1.29 is 4.79 Å². The highest BCUT2D eigenvalue weighted by Gasteiger charge is 2.21. The molecule has 1 saturated heterocycles. The number of hydrogen-bond acceptors (Lipinski definition) is 2. The van der Waals surface area contributed by atoms with E-state index in [0.29, 0.717) is 0 Å². The standard InChI is InChI=1S/C23H35N3O/c1-2-19-11-8-12-22(17-19)25-23(27)24-21-13-15-26(16-14-21)18-20-9-6-4-3-5-7-10-20/h8-9,11-12,17,21H,2-7,10,13-16,18H2,1H3,(H2,24,25,27)/b20-9-. The van der Waals surface area contributed by atoms with Crippen molar-refractivity contribution in [1.82, 2.24) is 10.2 Å². The number of amides is 2. The lowest BCUT2D eigenvalue weighted by Gasteiger charge is -2.33. The highest BCUT2D eigenvalue weighted by Crippen LogP contribution is 2.20. The van der Waals surface area contributed by atoms with Crippen LogP contribution in [0, 0.1) is 0 Å². The van der Waals surface area contributed by atoms with E-state index in [1.165, 1.54) is 44.1 Å². The van der Waals surface area contributed by atoms with Crippen LogP contribution in [0.5, 0.6) is 0 Å². The van der Waals surface area contributed by atoms with Crippen LogP contribution in [0.3, 0.4) is 0 Å². The minimum Gasteiger partial charge on any atom is -0.335 e. The molecule has 0 bridgehead atoms. The Bertz CT molecular complexity index is 632. The minimum atomic E-state index is -0.0792. The summed E-state index contributed by atoms with van der Waals surface area (Å²) in [7, 11) is 0. The lowest BCUT2D eigenvalue weighted by atomic mass is 9.98. The number of carbonyl (C=O) groups excluding carboxylic acids is 1. The molecule has 3 rings (SSSR count). The highest BCUT2D eigenvalue weighted by atomic mass is 16.2. The topological polar surface area (TPSA) is 44.4 Å². The van der Waals surface area contributed by atoms with E-state index < -0.39 is 0 Å². The summed E-state index contributed by atoms with van der Waals surface area (Å²) in [6.07, 6.45) is 13.6. The maximum atomic E-state index is 12.3. The van der Waals surface area contributed by atoms with Gasteiger partial charge in [0.15, 0.2) is 0 Å². The number of urea groups is 1. The van der Waals surface area contributed by atoms with E-state index in [1.54, 1.807) is 5.57 Å². The summed E-state index contributed by atoms with van der Waals surface area (Å²) in [6, 6.07) is 8.28. The number of nitrogens with zero attached hydrogens (tertiary/aromatic N) is 1. The van der Waals surface area contributed by atoms with E-state index >= 15 is 0 Å². The quantitative estimate of drug-likeness (QED) is 0.708. The Balaban J connectivity index is 1.40. The van der Waals surface area contributed by atoms with Crippen molar-refractivity contribution in [2.75, 3.05) is 25.0 Å². The molecule has 4 nitrogen and oxygen atoms in total. The molecule has 0 saturated carbocycles. The van der Waals surface area contributed by atoms with Gasteiger partial charge in [0.2, 0.25) is 0 Å². The van der Waals surface area contributed by atoms with Gasteiger partial charge in [0.1, 0.15) is 0 Å². The molecule has 1 heterocycles. The van der Waals surface area contributed by atoms with Gasteiger partial charge in [-0.2, -0.15) is 0 Å². The molecule has 2 amide bonds. The predicted molar refractivity (Wildman–Crippen MR) is 113 cm³/mol. The Morgan fingerprint density at radius 3 is 2.78 bits per heavy atom. The number of likely N-dealkylation sites (tertiary alicyclic amines) is 1. The van der Waals surface area contributed by atoms with Crippen molar-refractivity contribution in [3.63, 3.8) is 0 Å². The van der Waals surface area contributed by atoms with Crippen LogP contribution in [-0.4, -0.2) is 36.6 Å². The van der Waals surface area contributed by atoms with E-state index in [2.05, 4.69) is 34.6 Å². The van der Waals surface area contributed by atoms with Crippen LogP contribution in [0.1, 0.15) is 63.9 Å². The average molecular weight is 370 g/mol. The first-order valence-corrected chi connectivity index (χ1v) is 10.8. The SMILES string of the molecule is CCc1cccc(NC(=O)NC2CCN(C/C3=C\CCCCCC3)CC2)c1. The molecule has 1 aromatic carbocycles. The van der Waals surface area contributed by atoms with Crippen molar-refractivity contribution in [2.45, 2.75) is 70.8 Å². The van der Waals surface area contributed by atoms with Crippen molar-refractivity contribution in [2.24, 2.45) is 0 Å². The maximum Gasteiger partial charge on any atom is 0.319 e. The summed E-state index contributed by atoms with van der Waals surface area (Å²) in [4.78, 5) is 14.9. The summed E-state index contributed by atoms with van der Waals surface area (Å²) >= 11 is 0. The van der Waals surface area contributed by atoms with Gasteiger partial charge < -0.3 is 10.6 Å². The fourth-order valence-corrected chi connectivity index (χ4v) is 4.15. The number of benzene rings is 1. The Labute approximate surface area is 164 Å². The average Bonchev–Trinajstić information content (AvgIpc) is 2.65. The number of hydrogen-bond donors (Lipinski definition) is 2. The number of rotatable bonds is 5. The zero-order chi connectivity index (χ0) is 18.9. The van der Waals surface area contributed by atoms with E-state index in [1.807, 2.05) is 18.2 Å². The number of piperidine rings is 1. The van der Waals surface area contributed by atoms with Gasteiger partial charge in [0.25, 0.3) is 0 Å². The molecule has 1 aliphatic heterocycles. The molecule has 27 heavy (non-hydrogen) atoms. The fraction of sp³-hybridized carbons (Fsp3) is 0.609. The molecule has 1 fully saturated rings. The van der Waals surface area contributed by atoms with Crippen LogP contribution >= 0.6 is 0 Å². The molecular weight excluding hydrogens is 334 g/mol. The molecule has 0 spiro atoms. The van der Waals surface area contributed by atoms with Gasteiger partial charge >= 0.3 is 6.03 Å².